The third-order valence-electron chi connectivity index (χ3n) is 8.70. The van der Waals surface area contributed by atoms with Gasteiger partial charge >= 0.3 is 0 Å². The van der Waals surface area contributed by atoms with Crippen LogP contribution in [0.5, 0.6) is 11.5 Å². The van der Waals surface area contributed by atoms with Crippen molar-refractivity contribution in [3.63, 3.8) is 0 Å². The largest absolute Gasteiger partial charge is 0.493 e. The van der Waals surface area contributed by atoms with Crippen LogP contribution in [0.1, 0.15) is 62.1 Å². The van der Waals surface area contributed by atoms with Gasteiger partial charge < -0.3 is 25.0 Å². The number of nitrogens with one attached hydrogen (secondary N) is 2. The zero-order valence-corrected chi connectivity index (χ0v) is 25.9. The lowest BCUT2D eigenvalue weighted by molar-refractivity contribution is -0.116. The Morgan fingerprint density at radius 1 is 0.907 bits per heavy atom. The van der Waals surface area contributed by atoms with Gasteiger partial charge in [-0.1, -0.05) is 36.4 Å². The number of methoxy groups -OCH3 is 2. The highest BCUT2D eigenvalue weighted by Crippen LogP contribution is 2.46. The monoisotopic (exact) mass is 579 g/mol. The van der Waals surface area contributed by atoms with Gasteiger partial charge in [-0.25, -0.2) is 0 Å². The van der Waals surface area contributed by atoms with E-state index in [0.717, 1.165) is 52.5 Å². The fourth-order valence-electron chi connectivity index (χ4n) is 6.38. The number of hydrogen-bond donors (Lipinski definition) is 2. The summed E-state index contributed by atoms with van der Waals surface area (Å²) in [4.78, 5) is 30.4. The molecule has 0 radical (unpaired) electrons. The van der Waals surface area contributed by atoms with E-state index in [-0.39, 0.29) is 17.6 Å². The standard InChI is InChI=1S/C36H41N3O4/c1-7-39(8-2)27-16-13-24(14-17-27)34-33(36(41)38-28-12-10-9-11-22(28)3)23(4)37-29-19-26(20-30(40)35(29)34)25-15-18-31(42-5)32(21-25)43-6/h9-18,21,26,34,37H,7-8,19-20H2,1-6H3,(H,38,41)/t26-,34+/m1/s1. The minimum Gasteiger partial charge on any atom is -0.493 e. The number of ketones is 1. The number of carbonyl (C=O) groups is 2. The fraction of sp³-hybridized carbons (Fsp3) is 0.333. The van der Waals surface area contributed by atoms with E-state index in [1.807, 2.05) is 56.3 Å². The number of anilines is 2. The van der Waals surface area contributed by atoms with Crippen LogP contribution in [0.3, 0.4) is 0 Å². The predicted octanol–water partition coefficient (Wildman–Crippen LogP) is 6.86. The molecule has 1 aliphatic carbocycles. The number of carbonyl (C=O) groups excluding carboxylic acids is 2. The van der Waals surface area contributed by atoms with Crippen molar-refractivity contribution in [3.8, 4) is 11.5 Å². The lowest BCUT2D eigenvalue weighted by Gasteiger charge is -2.37. The molecule has 0 fully saturated rings. The summed E-state index contributed by atoms with van der Waals surface area (Å²) in [5, 5.41) is 6.61. The van der Waals surface area contributed by atoms with Gasteiger partial charge in [-0.05, 0) is 87.1 Å². The van der Waals surface area contributed by atoms with Crippen LogP contribution in [0.15, 0.2) is 89.3 Å². The molecule has 1 aliphatic heterocycles. The van der Waals surface area contributed by atoms with E-state index in [2.05, 4.69) is 53.6 Å². The smallest absolute Gasteiger partial charge is 0.254 e. The molecule has 224 valence electrons. The molecule has 1 amide bonds. The minimum absolute atomic E-state index is 0.0283. The Kier molecular flexibility index (Phi) is 8.90. The van der Waals surface area contributed by atoms with Crippen LogP contribution >= 0.6 is 0 Å². The first-order valence-corrected chi connectivity index (χ1v) is 15.0. The zero-order chi connectivity index (χ0) is 30.7. The fourth-order valence-corrected chi connectivity index (χ4v) is 6.38. The molecular weight excluding hydrogens is 538 g/mol. The number of benzene rings is 3. The molecule has 0 bridgehead atoms. The van der Waals surface area contributed by atoms with E-state index >= 15 is 0 Å². The summed E-state index contributed by atoms with van der Waals surface area (Å²) < 4.78 is 11.0. The normalized spacial score (nSPS) is 18.1. The van der Waals surface area contributed by atoms with E-state index < -0.39 is 5.92 Å². The molecule has 3 aromatic rings. The molecule has 0 unspecified atom stereocenters. The average molecular weight is 580 g/mol. The summed E-state index contributed by atoms with van der Waals surface area (Å²) in [7, 11) is 3.23. The number of allylic oxidation sites excluding steroid dienone is 3. The second kappa shape index (κ2) is 12.8. The highest BCUT2D eigenvalue weighted by Gasteiger charge is 2.41. The highest BCUT2D eigenvalue weighted by molar-refractivity contribution is 6.10. The number of nitrogens with zero attached hydrogens (tertiary/aromatic N) is 1. The predicted molar refractivity (Wildman–Crippen MR) is 172 cm³/mol. The average Bonchev–Trinajstić information content (AvgIpc) is 3.02. The number of hydrogen-bond acceptors (Lipinski definition) is 6. The van der Waals surface area contributed by atoms with Crippen molar-refractivity contribution in [3.05, 3.63) is 106 Å². The summed E-state index contributed by atoms with van der Waals surface area (Å²) in [6, 6.07) is 21.9. The first kappa shape index (κ1) is 30.0. The maximum absolute atomic E-state index is 14.1. The number of dihydropyridines is 1. The third-order valence-corrected chi connectivity index (χ3v) is 8.70. The Bertz CT molecular complexity index is 1580. The number of amides is 1. The number of Topliss-reactive ketones (excluding diaryl/α,β-unsaturated/α-hetero) is 1. The maximum Gasteiger partial charge on any atom is 0.254 e. The van der Waals surface area contributed by atoms with Crippen molar-refractivity contribution >= 4 is 23.1 Å². The molecule has 5 rings (SSSR count). The molecule has 0 saturated heterocycles. The van der Waals surface area contributed by atoms with Crippen molar-refractivity contribution in [2.45, 2.75) is 52.4 Å². The zero-order valence-electron chi connectivity index (χ0n) is 25.9. The molecule has 7 nitrogen and oxygen atoms in total. The summed E-state index contributed by atoms with van der Waals surface area (Å²) in [6.45, 7) is 9.97. The number of ether oxygens (including phenoxy) is 2. The molecule has 0 saturated carbocycles. The van der Waals surface area contributed by atoms with Gasteiger partial charge in [-0.15, -0.1) is 0 Å². The Labute approximate surface area is 254 Å². The van der Waals surface area contributed by atoms with Crippen LogP contribution in [0.25, 0.3) is 0 Å². The van der Waals surface area contributed by atoms with E-state index in [0.29, 0.717) is 35.5 Å². The van der Waals surface area contributed by atoms with Crippen molar-refractivity contribution in [1.29, 1.82) is 0 Å². The van der Waals surface area contributed by atoms with E-state index in [9.17, 15) is 9.59 Å². The molecule has 0 spiro atoms. The minimum atomic E-state index is -0.482. The van der Waals surface area contributed by atoms with Gasteiger partial charge in [0, 0.05) is 59.3 Å². The summed E-state index contributed by atoms with van der Waals surface area (Å²) in [5.74, 6) is 0.615. The maximum atomic E-state index is 14.1. The number of aryl methyl sites for hydroxylation is 1. The van der Waals surface area contributed by atoms with Gasteiger partial charge in [0.1, 0.15) is 0 Å². The molecule has 2 N–H and O–H groups in total. The van der Waals surface area contributed by atoms with Gasteiger partial charge in [0.25, 0.3) is 5.91 Å². The summed E-state index contributed by atoms with van der Waals surface area (Å²) in [5.41, 5.74) is 7.66. The Hall–Kier alpha value is -4.52. The third kappa shape index (κ3) is 5.89. The van der Waals surface area contributed by atoms with Gasteiger partial charge in [-0.2, -0.15) is 0 Å². The van der Waals surface area contributed by atoms with Crippen LogP contribution in [-0.2, 0) is 9.59 Å². The van der Waals surface area contributed by atoms with E-state index in [1.54, 1.807) is 14.2 Å². The Morgan fingerprint density at radius 2 is 1.58 bits per heavy atom. The highest BCUT2D eigenvalue weighted by atomic mass is 16.5. The van der Waals surface area contributed by atoms with Crippen molar-refractivity contribution in [1.82, 2.24) is 5.32 Å². The molecule has 2 atom stereocenters. The SMILES string of the molecule is CCN(CC)c1ccc([C@H]2C(C(=O)Nc3ccccc3C)=C(C)NC3=C2C(=O)C[C@H](c2ccc(OC)c(OC)c2)C3)cc1. The van der Waals surface area contributed by atoms with Gasteiger partial charge in [0.05, 0.1) is 14.2 Å². The van der Waals surface area contributed by atoms with Crippen LogP contribution in [-0.4, -0.2) is 39.0 Å². The first-order valence-electron chi connectivity index (χ1n) is 15.0. The van der Waals surface area contributed by atoms with Crippen molar-refractivity contribution < 1.29 is 19.1 Å². The molecule has 0 aromatic heterocycles. The van der Waals surface area contributed by atoms with Crippen LogP contribution in [0.4, 0.5) is 11.4 Å². The first-order chi connectivity index (χ1) is 20.8. The molecule has 43 heavy (non-hydrogen) atoms. The second-order valence-electron chi connectivity index (χ2n) is 11.2. The quantitative estimate of drug-likeness (QED) is 0.288. The lowest BCUT2D eigenvalue weighted by atomic mass is 9.71. The van der Waals surface area contributed by atoms with Crippen LogP contribution < -0.4 is 25.0 Å². The van der Waals surface area contributed by atoms with E-state index in [1.165, 1.54) is 0 Å². The van der Waals surface area contributed by atoms with Gasteiger partial charge in [0.2, 0.25) is 0 Å². The van der Waals surface area contributed by atoms with Crippen LogP contribution in [0.2, 0.25) is 0 Å². The lowest BCUT2D eigenvalue weighted by Crippen LogP contribution is -2.37. The topological polar surface area (TPSA) is 79.9 Å². The Balaban J connectivity index is 1.56. The summed E-state index contributed by atoms with van der Waals surface area (Å²) >= 11 is 0. The molecule has 3 aromatic carbocycles. The van der Waals surface area contributed by atoms with Crippen molar-refractivity contribution in [2.24, 2.45) is 0 Å². The van der Waals surface area contributed by atoms with E-state index in [4.69, 9.17) is 9.47 Å². The van der Waals surface area contributed by atoms with Crippen molar-refractivity contribution in [2.75, 3.05) is 37.5 Å². The molecule has 1 heterocycles. The molecular formula is C36H41N3O4. The Morgan fingerprint density at radius 3 is 2.23 bits per heavy atom. The number of rotatable bonds is 9. The molecule has 7 heteroatoms. The van der Waals surface area contributed by atoms with Crippen LogP contribution in [0, 0.1) is 6.92 Å². The van der Waals surface area contributed by atoms with Gasteiger partial charge in [-0.3, -0.25) is 9.59 Å². The second-order valence-corrected chi connectivity index (χ2v) is 11.2. The number of para-hydroxylation sites is 1. The van der Waals surface area contributed by atoms with Gasteiger partial charge in [0.15, 0.2) is 17.3 Å². The summed E-state index contributed by atoms with van der Waals surface area (Å²) in [6.07, 6.45) is 0.990. The molecule has 2 aliphatic rings.